The minimum Gasteiger partial charge on any atom is -0.508 e. The minimum absolute atomic E-state index is 0.0191. The Balaban J connectivity index is 2.59. The predicted octanol–water partition coefficient (Wildman–Crippen LogP) is 1.88. The lowest BCUT2D eigenvalue weighted by molar-refractivity contribution is 0.475. The summed E-state index contributed by atoms with van der Waals surface area (Å²) in [6.45, 7) is 0. The number of nitrogens with zero attached hydrogens (tertiary/aromatic N) is 2. The maximum atomic E-state index is 9.50. The maximum Gasteiger partial charge on any atom is 0.140 e. The molecule has 2 rings (SSSR count). The number of benzene rings is 1. The summed E-state index contributed by atoms with van der Waals surface area (Å²) < 4.78 is 0. The van der Waals surface area contributed by atoms with Crippen molar-refractivity contribution in [3.05, 3.63) is 40.7 Å². The third kappa shape index (κ3) is 2.43. The van der Waals surface area contributed by atoms with Gasteiger partial charge in [-0.3, -0.25) is 5.41 Å². The molecule has 0 fully saturated rings. The van der Waals surface area contributed by atoms with Crippen molar-refractivity contribution < 1.29 is 5.11 Å². The Bertz CT molecular complexity index is 644. The number of nitrogen functional groups attached to an aromatic ring is 1. The van der Waals surface area contributed by atoms with Crippen LogP contribution < -0.4 is 11.1 Å². The molecular weight excluding hydrogens is 266 g/mol. The summed E-state index contributed by atoms with van der Waals surface area (Å²) in [5.74, 6) is 0.617. The van der Waals surface area contributed by atoms with E-state index in [1.807, 2.05) is 0 Å². The fourth-order valence-corrected chi connectivity index (χ4v) is 1.89. The van der Waals surface area contributed by atoms with Gasteiger partial charge in [-0.2, -0.15) is 0 Å². The molecule has 5 N–H and O–H groups in total. The number of aromatic nitrogens is 2. The number of anilines is 2. The first kappa shape index (κ1) is 13.1. The van der Waals surface area contributed by atoms with Crippen molar-refractivity contribution in [2.75, 3.05) is 18.1 Å². The molecule has 1 heterocycles. The summed E-state index contributed by atoms with van der Waals surface area (Å²) in [4.78, 5) is 7.87. The summed E-state index contributed by atoms with van der Waals surface area (Å²) in [5, 5.41) is 20.9. The molecule has 0 amide bonds. The third-order valence-corrected chi connectivity index (χ3v) is 2.91. The highest BCUT2D eigenvalue weighted by molar-refractivity contribution is 6.35. The largest absolute Gasteiger partial charge is 0.508 e. The van der Waals surface area contributed by atoms with Crippen LogP contribution in [-0.2, 0) is 0 Å². The second kappa shape index (κ2) is 5.11. The summed E-state index contributed by atoms with van der Waals surface area (Å²) in [6, 6.07) is 4.36. The van der Waals surface area contributed by atoms with Crippen molar-refractivity contribution in [2.24, 2.45) is 0 Å². The van der Waals surface area contributed by atoms with E-state index < -0.39 is 0 Å². The first-order valence-electron chi connectivity index (χ1n) is 5.40. The Hall–Kier alpha value is -2.34. The van der Waals surface area contributed by atoms with Crippen molar-refractivity contribution >= 4 is 28.9 Å². The lowest BCUT2D eigenvalue weighted by Crippen LogP contribution is -2.12. The first-order chi connectivity index (χ1) is 9.04. The van der Waals surface area contributed by atoms with Crippen LogP contribution >= 0.6 is 11.6 Å². The molecule has 19 heavy (non-hydrogen) atoms. The van der Waals surface area contributed by atoms with Crippen LogP contribution in [0.5, 0.6) is 5.75 Å². The maximum absolute atomic E-state index is 9.50. The number of phenols is 1. The zero-order valence-electron chi connectivity index (χ0n) is 10.1. The summed E-state index contributed by atoms with van der Waals surface area (Å²) in [6.07, 6.45) is 1.31. The molecule has 6 nitrogen and oxygen atoms in total. The van der Waals surface area contributed by atoms with E-state index in [4.69, 9.17) is 22.7 Å². The average molecular weight is 278 g/mol. The molecule has 0 aliphatic rings. The number of rotatable bonds is 3. The van der Waals surface area contributed by atoms with E-state index in [2.05, 4.69) is 15.3 Å². The monoisotopic (exact) mass is 277 g/mol. The van der Waals surface area contributed by atoms with Crippen molar-refractivity contribution in [1.82, 2.24) is 9.97 Å². The van der Waals surface area contributed by atoms with E-state index in [-0.39, 0.29) is 17.3 Å². The van der Waals surface area contributed by atoms with Gasteiger partial charge in [-0.05, 0) is 18.2 Å². The molecule has 7 heteroatoms. The van der Waals surface area contributed by atoms with E-state index in [1.54, 1.807) is 7.05 Å². The van der Waals surface area contributed by atoms with Gasteiger partial charge in [-0.25, -0.2) is 9.97 Å². The number of hydrogen-bond acceptors (Lipinski definition) is 6. The van der Waals surface area contributed by atoms with Crippen LogP contribution in [0.1, 0.15) is 11.1 Å². The average Bonchev–Trinajstić information content (AvgIpc) is 2.40. The Morgan fingerprint density at radius 1 is 1.42 bits per heavy atom. The molecule has 1 aromatic carbocycles. The van der Waals surface area contributed by atoms with Crippen molar-refractivity contribution in [3.8, 4) is 5.75 Å². The molecule has 0 aliphatic heterocycles. The van der Waals surface area contributed by atoms with Gasteiger partial charge in [0, 0.05) is 12.6 Å². The van der Waals surface area contributed by atoms with Crippen LogP contribution in [0.4, 0.5) is 11.6 Å². The second-order valence-corrected chi connectivity index (χ2v) is 4.18. The summed E-state index contributed by atoms with van der Waals surface area (Å²) >= 11 is 6.03. The molecule has 0 radical (unpaired) electrons. The number of phenolic OH excluding ortho intramolecular Hbond substituents is 1. The third-order valence-electron chi connectivity index (χ3n) is 2.58. The zero-order chi connectivity index (χ0) is 14.0. The normalized spacial score (nSPS) is 10.2. The fraction of sp³-hybridized carbons (Fsp3) is 0.0833. The topological polar surface area (TPSA) is 108 Å². The highest BCUT2D eigenvalue weighted by Gasteiger charge is 2.17. The molecule has 0 saturated heterocycles. The fourth-order valence-electron chi connectivity index (χ4n) is 1.67. The van der Waals surface area contributed by atoms with E-state index in [0.717, 1.165) is 0 Å². The number of aromatic hydroxyl groups is 1. The quantitative estimate of drug-likeness (QED) is 0.641. The highest BCUT2D eigenvalue weighted by atomic mass is 35.5. The van der Waals surface area contributed by atoms with Crippen LogP contribution in [0.3, 0.4) is 0 Å². The molecule has 0 spiro atoms. The molecule has 1 aromatic heterocycles. The minimum atomic E-state index is 0.0191. The molecule has 2 aromatic rings. The van der Waals surface area contributed by atoms with Gasteiger partial charge in [0.05, 0.1) is 16.3 Å². The van der Waals surface area contributed by atoms with Gasteiger partial charge in [0.15, 0.2) is 0 Å². The molecular formula is C12H12ClN5O. The van der Waals surface area contributed by atoms with Gasteiger partial charge >= 0.3 is 0 Å². The zero-order valence-corrected chi connectivity index (χ0v) is 10.9. The number of halogens is 1. The van der Waals surface area contributed by atoms with Gasteiger partial charge in [-0.1, -0.05) is 11.6 Å². The van der Waals surface area contributed by atoms with Gasteiger partial charge in [0.2, 0.25) is 0 Å². The predicted molar refractivity (Wildman–Crippen MR) is 75.0 cm³/mol. The molecule has 98 valence electrons. The van der Waals surface area contributed by atoms with Crippen molar-refractivity contribution in [3.63, 3.8) is 0 Å². The summed E-state index contributed by atoms with van der Waals surface area (Å²) in [7, 11) is 1.67. The van der Waals surface area contributed by atoms with E-state index in [1.165, 1.54) is 24.5 Å². The van der Waals surface area contributed by atoms with E-state index >= 15 is 0 Å². The lowest BCUT2D eigenvalue weighted by atomic mass is 10.0. The Labute approximate surface area is 114 Å². The lowest BCUT2D eigenvalue weighted by Gasteiger charge is -2.12. The van der Waals surface area contributed by atoms with Crippen molar-refractivity contribution in [2.45, 2.75) is 0 Å². The van der Waals surface area contributed by atoms with Crippen LogP contribution in [0, 0.1) is 5.41 Å². The van der Waals surface area contributed by atoms with Crippen LogP contribution in [0.25, 0.3) is 0 Å². The van der Waals surface area contributed by atoms with E-state index in [0.29, 0.717) is 22.0 Å². The van der Waals surface area contributed by atoms with Crippen LogP contribution in [-0.4, -0.2) is 27.8 Å². The molecule has 0 unspecified atom stereocenters. The van der Waals surface area contributed by atoms with Gasteiger partial charge in [0.1, 0.15) is 23.7 Å². The SMILES string of the molecule is CNc1ncnc(N)c1C(=N)c1cc(O)ccc1Cl. The molecule has 0 aliphatic carbocycles. The second-order valence-electron chi connectivity index (χ2n) is 3.77. The smallest absolute Gasteiger partial charge is 0.140 e. The molecule has 0 saturated carbocycles. The van der Waals surface area contributed by atoms with Crippen LogP contribution in [0.2, 0.25) is 5.02 Å². The van der Waals surface area contributed by atoms with Crippen LogP contribution in [0.15, 0.2) is 24.5 Å². The van der Waals surface area contributed by atoms with Gasteiger partial charge in [0.25, 0.3) is 0 Å². The number of nitrogens with two attached hydrogens (primary N) is 1. The summed E-state index contributed by atoms with van der Waals surface area (Å²) in [5.41, 5.74) is 6.54. The first-order valence-corrected chi connectivity index (χ1v) is 5.78. The standard InChI is InChI=1S/C12H12ClN5O/c1-16-12-9(11(15)17-5-18-12)10(14)7-4-6(19)2-3-8(7)13/h2-5,14,19H,1H3,(H3,15,16,17,18). The Kier molecular flexibility index (Phi) is 3.52. The van der Waals surface area contributed by atoms with Gasteiger partial charge < -0.3 is 16.2 Å². The molecule has 0 bridgehead atoms. The Morgan fingerprint density at radius 2 is 2.16 bits per heavy atom. The van der Waals surface area contributed by atoms with E-state index in [9.17, 15) is 5.11 Å². The highest BCUT2D eigenvalue weighted by Crippen LogP contribution is 2.27. The number of hydrogen-bond donors (Lipinski definition) is 4. The van der Waals surface area contributed by atoms with Crippen molar-refractivity contribution in [1.29, 1.82) is 5.41 Å². The Morgan fingerprint density at radius 3 is 2.84 bits per heavy atom. The molecule has 0 atom stereocenters. The number of nitrogens with one attached hydrogen (secondary N) is 2. The van der Waals surface area contributed by atoms with Gasteiger partial charge in [-0.15, -0.1) is 0 Å².